The van der Waals surface area contributed by atoms with E-state index in [0.717, 1.165) is 33.4 Å². The summed E-state index contributed by atoms with van der Waals surface area (Å²) < 4.78 is 1.18. The fourth-order valence-electron chi connectivity index (χ4n) is 3.00. The van der Waals surface area contributed by atoms with Gasteiger partial charge in [0.2, 0.25) is 0 Å². The SMILES string of the molecule is Cc1cccc(Nc2nc3cc(/C(=N/N)NN)ccc3c3sccc23)c1. The molecule has 0 atom stereocenters. The van der Waals surface area contributed by atoms with E-state index in [1.54, 1.807) is 11.3 Å². The molecule has 0 amide bonds. The maximum Gasteiger partial charge on any atom is 0.166 e. The van der Waals surface area contributed by atoms with Crippen molar-refractivity contribution in [3.05, 3.63) is 65.0 Å². The molecule has 130 valence electrons. The first-order chi connectivity index (χ1) is 12.7. The van der Waals surface area contributed by atoms with Crippen LogP contribution in [0.5, 0.6) is 0 Å². The molecule has 2 aromatic heterocycles. The van der Waals surface area contributed by atoms with Crippen LogP contribution in [0.3, 0.4) is 0 Å². The standard InChI is InChI=1S/C19H18N6S/c1-11-3-2-4-13(9-11)22-19-15-7-8-26-17(15)14-6-5-12(10-16(14)23-19)18(24-20)25-21/h2-10H,20-21H2,1H3,(H,22,23)(H,24,25). The molecule has 4 rings (SSSR count). The van der Waals surface area contributed by atoms with Crippen LogP contribution >= 0.6 is 11.3 Å². The molecule has 0 aliphatic heterocycles. The van der Waals surface area contributed by atoms with Crippen molar-refractivity contribution in [1.82, 2.24) is 10.4 Å². The number of hydrazone groups is 1. The van der Waals surface area contributed by atoms with Gasteiger partial charge in [0, 0.05) is 26.7 Å². The van der Waals surface area contributed by atoms with Gasteiger partial charge in [-0.05, 0) is 42.1 Å². The summed E-state index contributed by atoms with van der Waals surface area (Å²) in [4.78, 5) is 4.84. The number of aromatic nitrogens is 1. The monoisotopic (exact) mass is 362 g/mol. The molecule has 4 aromatic rings. The van der Waals surface area contributed by atoms with Crippen LogP contribution < -0.4 is 22.4 Å². The number of aryl methyl sites for hydroxylation is 1. The van der Waals surface area contributed by atoms with Crippen LogP contribution in [0.1, 0.15) is 11.1 Å². The zero-order chi connectivity index (χ0) is 18.1. The molecule has 0 saturated carbocycles. The first kappa shape index (κ1) is 16.3. The van der Waals surface area contributed by atoms with Crippen molar-refractivity contribution in [1.29, 1.82) is 0 Å². The second kappa shape index (κ2) is 6.62. The highest BCUT2D eigenvalue weighted by molar-refractivity contribution is 7.18. The summed E-state index contributed by atoms with van der Waals surface area (Å²) in [5.41, 5.74) is 6.35. The normalized spacial score (nSPS) is 11.8. The van der Waals surface area contributed by atoms with Gasteiger partial charge >= 0.3 is 0 Å². The van der Waals surface area contributed by atoms with Gasteiger partial charge in [0.05, 0.1) is 5.52 Å². The Bertz CT molecular complexity index is 1130. The van der Waals surface area contributed by atoms with E-state index in [0.29, 0.717) is 5.84 Å². The van der Waals surface area contributed by atoms with Crippen molar-refractivity contribution in [2.45, 2.75) is 6.92 Å². The molecule has 7 heteroatoms. The first-order valence-corrected chi connectivity index (χ1v) is 8.97. The predicted molar refractivity (Wildman–Crippen MR) is 110 cm³/mol. The predicted octanol–water partition coefficient (Wildman–Crippen LogP) is 3.59. The number of nitrogens with zero attached hydrogens (tertiary/aromatic N) is 2. The van der Waals surface area contributed by atoms with Gasteiger partial charge in [0.15, 0.2) is 5.84 Å². The minimum Gasteiger partial charge on any atom is -0.340 e. The second-order valence-electron chi connectivity index (χ2n) is 5.97. The van der Waals surface area contributed by atoms with Gasteiger partial charge in [-0.3, -0.25) is 0 Å². The summed E-state index contributed by atoms with van der Waals surface area (Å²) in [6, 6.07) is 16.2. The lowest BCUT2D eigenvalue weighted by Gasteiger charge is -2.11. The Morgan fingerprint density at radius 3 is 2.77 bits per heavy atom. The highest BCUT2D eigenvalue weighted by Gasteiger charge is 2.12. The van der Waals surface area contributed by atoms with Crippen molar-refractivity contribution in [3.8, 4) is 0 Å². The molecule has 0 spiro atoms. The van der Waals surface area contributed by atoms with Crippen LogP contribution in [0.15, 0.2) is 59.0 Å². The number of rotatable bonds is 3. The molecule has 6 nitrogen and oxygen atoms in total. The third kappa shape index (κ3) is 2.83. The summed E-state index contributed by atoms with van der Waals surface area (Å²) in [5.74, 6) is 12.1. The first-order valence-electron chi connectivity index (χ1n) is 8.09. The van der Waals surface area contributed by atoms with E-state index in [1.807, 2.05) is 30.3 Å². The summed E-state index contributed by atoms with van der Waals surface area (Å²) in [6.45, 7) is 2.07. The summed E-state index contributed by atoms with van der Waals surface area (Å²) >= 11 is 1.70. The molecule has 0 saturated heterocycles. The number of nitrogens with one attached hydrogen (secondary N) is 2. The zero-order valence-corrected chi connectivity index (χ0v) is 15.0. The topological polar surface area (TPSA) is 101 Å². The molecule has 0 aliphatic rings. The number of thiophene rings is 1. The molecule has 0 unspecified atom stereocenters. The van der Waals surface area contributed by atoms with E-state index in [-0.39, 0.29) is 0 Å². The van der Waals surface area contributed by atoms with E-state index < -0.39 is 0 Å². The molecule has 26 heavy (non-hydrogen) atoms. The van der Waals surface area contributed by atoms with E-state index in [2.05, 4.69) is 46.3 Å². The lowest BCUT2D eigenvalue weighted by atomic mass is 10.1. The van der Waals surface area contributed by atoms with Crippen molar-refractivity contribution in [3.63, 3.8) is 0 Å². The van der Waals surface area contributed by atoms with Gasteiger partial charge in [0.25, 0.3) is 0 Å². The maximum atomic E-state index is 5.49. The van der Waals surface area contributed by atoms with Crippen molar-refractivity contribution in [2.75, 3.05) is 5.32 Å². The fourth-order valence-corrected chi connectivity index (χ4v) is 3.93. The number of hydrogen-bond acceptors (Lipinski definition) is 6. The van der Waals surface area contributed by atoms with Gasteiger partial charge in [0.1, 0.15) is 5.82 Å². The van der Waals surface area contributed by atoms with Gasteiger partial charge in [-0.25, -0.2) is 10.8 Å². The Balaban J connectivity index is 1.89. The summed E-state index contributed by atoms with van der Waals surface area (Å²) in [6.07, 6.45) is 0. The number of anilines is 2. The number of pyridine rings is 1. The zero-order valence-electron chi connectivity index (χ0n) is 14.2. The number of benzene rings is 2. The number of nitrogens with two attached hydrogens (primary N) is 2. The van der Waals surface area contributed by atoms with E-state index in [4.69, 9.17) is 16.7 Å². The Hall–Kier alpha value is -3.16. The van der Waals surface area contributed by atoms with Crippen molar-refractivity contribution in [2.24, 2.45) is 16.8 Å². The highest BCUT2D eigenvalue weighted by Crippen LogP contribution is 2.35. The molecule has 2 aromatic carbocycles. The Kier molecular flexibility index (Phi) is 4.16. The molecule has 2 heterocycles. The lowest BCUT2D eigenvalue weighted by Crippen LogP contribution is -2.32. The highest BCUT2D eigenvalue weighted by atomic mass is 32.1. The van der Waals surface area contributed by atoms with Gasteiger partial charge < -0.3 is 16.6 Å². The van der Waals surface area contributed by atoms with Crippen molar-refractivity contribution >= 4 is 49.7 Å². The second-order valence-corrected chi connectivity index (χ2v) is 6.89. The average Bonchev–Trinajstić information content (AvgIpc) is 3.13. The smallest absolute Gasteiger partial charge is 0.166 e. The molecular formula is C19H18N6S. The largest absolute Gasteiger partial charge is 0.340 e. The fraction of sp³-hybridized carbons (Fsp3) is 0.0526. The Morgan fingerprint density at radius 2 is 2.00 bits per heavy atom. The molecule has 0 aliphatic carbocycles. The van der Waals surface area contributed by atoms with Crippen LogP contribution in [-0.2, 0) is 0 Å². The Morgan fingerprint density at radius 1 is 1.12 bits per heavy atom. The number of hydrazine groups is 1. The third-order valence-electron chi connectivity index (χ3n) is 4.22. The van der Waals surface area contributed by atoms with E-state index in [9.17, 15) is 0 Å². The minimum absolute atomic E-state index is 0.410. The van der Waals surface area contributed by atoms with Crippen LogP contribution in [-0.4, -0.2) is 10.8 Å². The van der Waals surface area contributed by atoms with Crippen LogP contribution in [0.25, 0.3) is 21.0 Å². The molecule has 0 fully saturated rings. The third-order valence-corrected chi connectivity index (χ3v) is 5.16. The average molecular weight is 362 g/mol. The van der Waals surface area contributed by atoms with Crippen LogP contribution in [0.2, 0.25) is 0 Å². The van der Waals surface area contributed by atoms with Gasteiger partial charge in [-0.15, -0.1) is 11.3 Å². The Labute approximate surface area is 154 Å². The number of amidine groups is 1. The quantitative estimate of drug-likeness (QED) is 0.193. The van der Waals surface area contributed by atoms with Gasteiger partial charge in [-0.1, -0.05) is 24.3 Å². The minimum atomic E-state index is 0.410. The molecule has 6 N–H and O–H groups in total. The van der Waals surface area contributed by atoms with Gasteiger partial charge in [-0.2, -0.15) is 5.10 Å². The van der Waals surface area contributed by atoms with Crippen molar-refractivity contribution < 1.29 is 0 Å². The lowest BCUT2D eigenvalue weighted by molar-refractivity contribution is 1.00. The number of fused-ring (bicyclic) bond motifs is 3. The summed E-state index contributed by atoms with van der Waals surface area (Å²) in [5, 5.41) is 11.4. The maximum absolute atomic E-state index is 5.49. The molecular weight excluding hydrogens is 344 g/mol. The van der Waals surface area contributed by atoms with E-state index >= 15 is 0 Å². The van der Waals surface area contributed by atoms with E-state index in [1.165, 1.54) is 10.3 Å². The molecule has 0 radical (unpaired) electrons. The number of hydrogen-bond donors (Lipinski definition) is 4. The van der Waals surface area contributed by atoms with Crippen LogP contribution in [0, 0.1) is 6.92 Å². The molecule has 0 bridgehead atoms. The summed E-state index contributed by atoms with van der Waals surface area (Å²) in [7, 11) is 0. The van der Waals surface area contributed by atoms with Crippen LogP contribution in [0.4, 0.5) is 11.5 Å².